The van der Waals surface area contributed by atoms with Crippen LogP contribution in [0.15, 0.2) is 91.0 Å². The van der Waals surface area contributed by atoms with Crippen LogP contribution >= 0.6 is 19.4 Å². The number of benzene rings is 3. The Bertz CT molecular complexity index is 823. The van der Waals surface area contributed by atoms with Crippen LogP contribution in [0.4, 0.5) is 0 Å². The smallest absolute Gasteiger partial charge is 0.196 e. The first-order chi connectivity index (χ1) is 12.2. The molecule has 0 heterocycles. The highest BCUT2D eigenvalue weighted by atomic mass is 32.1. The Morgan fingerprint density at radius 3 is 1.68 bits per heavy atom. The van der Waals surface area contributed by atoms with E-state index in [1.165, 1.54) is 5.56 Å². The van der Waals surface area contributed by atoms with Crippen LogP contribution < -0.4 is 15.9 Å². The molecule has 0 aliphatic rings. The van der Waals surface area contributed by atoms with Crippen molar-refractivity contribution in [3.05, 3.63) is 96.6 Å². The van der Waals surface area contributed by atoms with Gasteiger partial charge in [0.2, 0.25) is 0 Å². The molecule has 0 aliphatic heterocycles. The number of hydrogen-bond donors (Lipinski definition) is 1. The molecule has 0 atom stereocenters. The predicted octanol–water partition coefficient (Wildman–Crippen LogP) is 4.12. The van der Waals surface area contributed by atoms with Crippen molar-refractivity contribution < 1.29 is 4.57 Å². The molecule has 0 bridgehead atoms. The fraction of sp³-hybridized carbons (Fsp3) is 0.0952. The second kappa shape index (κ2) is 8.24. The maximum absolute atomic E-state index is 14.0. The summed E-state index contributed by atoms with van der Waals surface area (Å²) in [6, 6.07) is 29.2. The summed E-state index contributed by atoms with van der Waals surface area (Å²) in [6.45, 7) is 0.659. The zero-order valence-electron chi connectivity index (χ0n) is 13.8. The lowest BCUT2D eigenvalue weighted by Crippen LogP contribution is -2.32. The topological polar surface area (TPSA) is 29.1 Å². The molecule has 3 aromatic rings. The van der Waals surface area contributed by atoms with Gasteiger partial charge in [0.05, 0.1) is 0 Å². The first-order valence-corrected chi connectivity index (χ1v) is 10.4. The van der Waals surface area contributed by atoms with E-state index >= 15 is 0 Å². The molecule has 0 radical (unpaired) electrons. The van der Waals surface area contributed by atoms with Crippen LogP contribution in [0.5, 0.6) is 0 Å². The van der Waals surface area contributed by atoms with Gasteiger partial charge < -0.3 is 9.88 Å². The van der Waals surface area contributed by atoms with Gasteiger partial charge in [0, 0.05) is 17.2 Å². The van der Waals surface area contributed by atoms with Gasteiger partial charge in [-0.2, -0.15) is 0 Å². The maximum Gasteiger partial charge on any atom is 0.196 e. The van der Waals surface area contributed by atoms with E-state index in [1.807, 2.05) is 78.9 Å². The van der Waals surface area contributed by atoms with Gasteiger partial charge in [-0.3, -0.25) is 0 Å². The molecule has 0 saturated heterocycles. The van der Waals surface area contributed by atoms with E-state index in [-0.39, 0.29) is 0 Å². The van der Waals surface area contributed by atoms with Crippen LogP contribution in [0, 0.1) is 0 Å². The molecule has 0 saturated carbocycles. The minimum atomic E-state index is -3.02. The second-order valence-corrected chi connectivity index (χ2v) is 9.16. The standard InChI is InChI=1S/C21H20NOPS/c23-24(19-12-6-2-7-13-19,20-14-8-3-9-15-20)21(25)22-17-16-18-10-4-1-5-11-18/h1-15H,16-17H2,(H,22,25). The molecule has 2 nitrogen and oxygen atoms in total. The Morgan fingerprint density at radius 1 is 0.760 bits per heavy atom. The van der Waals surface area contributed by atoms with Gasteiger partial charge in [0.1, 0.15) is 4.73 Å². The predicted molar refractivity (Wildman–Crippen MR) is 111 cm³/mol. The highest BCUT2D eigenvalue weighted by Gasteiger charge is 2.32. The summed E-state index contributed by atoms with van der Waals surface area (Å²) in [5.74, 6) is 0. The van der Waals surface area contributed by atoms with E-state index in [0.29, 0.717) is 11.3 Å². The summed E-state index contributed by atoms with van der Waals surface area (Å²) < 4.78 is 14.4. The molecule has 0 unspecified atom stereocenters. The minimum Gasteiger partial charge on any atom is -0.373 e. The molecule has 25 heavy (non-hydrogen) atoms. The van der Waals surface area contributed by atoms with Gasteiger partial charge in [0.25, 0.3) is 0 Å². The highest BCUT2D eigenvalue weighted by molar-refractivity contribution is 8.07. The Kier molecular flexibility index (Phi) is 5.80. The summed E-state index contributed by atoms with van der Waals surface area (Å²) in [5, 5.41) is 4.76. The fourth-order valence-electron chi connectivity index (χ4n) is 2.73. The largest absolute Gasteiger partial charge is 0.373 e. The molecule has 0 aromatic heterocycles. The van der Waals surface area contributed by atoms with Gasteiger partial charge in [-0.1, -0.05) is 103 Å². The fourth-order valence-corrected chi connectivity index (χ4v) is 5.75. The first-order valence-electron chi connectivity index (χ1n) is 8.25. The lowest BCUT2D eigenvalue weighted by molar-refractivity contribution is 0.593. The number of hydrogen-bond acceptors (Lipinski definition) is 2. The summed E-state index contributed by atoms with van der Waals surface area (Å²) in [6.07, 6.45) is 0.838. The zero-order chi connectivity index (χ0) is 17.5. The minimum absolute atomic E-state index is 0.417. The lowest BCUT2D eigenvalue weighted by atomic mass is 10.2. The molecule has 4 heteroatoms. The SMILES string of the molecule is O=P(C(=S)NCCc1ccccc1)(c1ccccc1)c1ccccc1. The van der Waals surface area contributed by atoms with Crippen LogP contribution in [-0.4, -0.2) is 11.3 Å². The zero-order valence-corrected chi connectivity index (χ0v) is 15.5. The van der Waals surface area contributed by atoms with E-state index in [4.69, 9.17) is 12.2 Å². The van der Waals surface area contributed by atoms with Crippen molar-refractivity contribution in [2.24, 2.45) is 0 Å². The van der Waals surface area contributed by atoms with Gasteiger partial charge in [-0.05, 0) is 12.0 Å². The molecule has 1 N–H and O–H groups in total. The molecule has 0 spiro atoms. The summed E-state index contributed by atoms with van der Waals surface area (Å²) in [7, 11) is -3.02. The normalized spacial score (nSPS) is 11.0. The molecular formula is C21H20NOPS. The first kappa shape index (κ1) is 17.6. The number of nitrogens with one attached hydrogen (secondary N) is 1. The van der Waals surface area contributed by atoms with E-state index in [2.05, 4.69) is 17.4 Å². The van der Waals surface area contributed by atoms with Crippen LogP contribution in [0.2, 0.25) is 0 Å². The lowest BCUT2D eigenvalue weighted by Gasteiger charge is -2.21. The summed E-state index contributed by atoms with van der Waals surface area (Å²) in [4.78, 5) is 0. The van der Waals surface area contributed by atoms with E-state index in [1.54, 1.807) is 0 Å². The molecule has 0 aliphatic carbocycles. The average Bonchev–Trinajstić information content (AvgIpc) is 2.69. The Morgan fingerprint density at radius 2 is 1.20 bits per heavy atom. The van der Waals surface area contributed by atoms with Crippen molar-refractivity contribution in [1.29, 1.82) is 0 Å². The molecular weight excluding hydrogens is 345 g/mol. The third-order valence-electron chi connectivity index (χ3n) is 4.06. The van der Waals surface area contributed by atoms with Crippen LogP contribution in [0.25, 0.3) is 0 Å². The molecule has 0 fully saturated rings. The molecule has 126 valence electrons. The van der Waals surface area contributed by atoms with E-state index < -0.39 is 7.14 Å². The Balaban J connectivity index is 1.82. The van der Waals surface area contributed by atoms with Crippen molar-refractivity contribution in [3.63, 3.8) is 0 Å². The molecule has 3 aromatic carbocycles. The van der Waals surface area contributed by atoms with Gasteiger partial charge in [0.15, 0.2) is 7.14 Å². The highest BCUT2D eigenvalue weighted by Crippen LogP contribution is 2.44. The Labute approximate surface area is 154 Å². The van der Waals surface area contributed by atoms with Gasteiger partial charge in [-0.15, -0.1) is 0 Å². The van der Waals surface area contributed by atoms with Gasteiger partial charge >= 0.3 is 0 Å². The van der Waals surface area contributed by atoms with Gasteiger partial charge in [-0.25, -0.2) is 0 Å². The average molecular weight is 365 g/mol. The maximum atomic E-state index is 14.0. The summed E-state index contributed by atoms with van der Waals surface area (Å²) >= 11 is 5.59. The number of rotatable bonds is 6. The van der Waals surface area contributed by atoms with Crippen molar-refractivity contribution in [1.82, 2.24) is 5.32 Å². The van der Waals surface area contributed by atoms with Crippen molar-refractivity contribution in [3.8, 4) is 0 Å². The van der Waals surface area contributed by atoms with Crippen LogP contribution in [0.3, 0.4) is 0 Å². The quantitative estimate of drug-likeness (QED) is 0.526. The van der Waals surface area contributed by atoms with Crippen LogP contribution in [0.1, 0.15) is 5.56 Å². The third kappa shape index (κ3) is 4.07. The van der Waals surface area contributed by atoms with Crippen molar-refractivity contribution in [2.75, 3.05) is 6.54 Å². The monoisotopic (exact) mass is 365 g/mol. The third-order valence-corrected chi connectivity index (χ3v) is 7.75. The van der Waals surface area contributed by atoms with E-state index in [9.17, 15) is 4.57 Å². The summed E-state index contributed by atoms with van der Waals surface area (Å²) in [5.41, 5.74) is 1.23. The van der Waals surface area contributed by atoms with Crippen molar-refractivity contribution >= 4 is 34.7 Å². The number of thiocarbonyl (C=S) groups is 1. The molecule has 3 rings (SSSR count). The second-order valence-electron chi connectivity index (χ2n) is 5.75. The van der Waals surface area contributed by atoms with Crippen molar-refractivity contribution in [2.45, 2.75) is 6.42 Å². The molecule has 0 amide bonds. The Hall–Kier alpha value is -2.22. The van der Waals surface area contributed by atoms with Crippen LogP contribution in [-0.2, 0) is 11.0 Å². The van der Waals surface area contributed by atoms with E-state index in [0.717, 1.165) is 17.0 Å².